The van der Waals surface area contributed by atoms with E-state index in [4.69, 9.17) is 26.4 Å². The highest BCUT2D eigenvalue weighted by atomic mass is 32.2. The first-order chi connectivity index (χ1) is 17.5. The fraction of sp³-hybridized carbons (Fsp3) is 0.231. The van der Waals surface area contributed by atoms with Crippen molar-refractivity contribution in [2.24, 2.45) is 0 Å². The van der Waals surface area contributed by atoms with Crippen molar-refractivity contribution in [3.63, 3.8) is 0 Å². The number of halogens is 1. The largest absolute Gasteiger partial charge is 0.497 e. The lowest BCUT2D eigenvalue weighted by molar-refractivity contribution is -0.138. The summed E-state index contributed by atoms with van der Waals surface area (Å²) in [7, 11) is 3.98. The molecule has 7 nitrogen and oxygen atoms in total. The van der Waals surface area contributed by atoms with Gasteiger partial charge in [0.1, 0.15) is 21.4 Å². The van der Waals surface area contributed by atoms with E-state index in [1.54, 1.807) is 36.9 Å². The third-order valence-electron chi connectivity index (χ3n) is 5.89. The van der Waals surface area contributed by atoms with Gasteiger partial charge in [-0.25, -0.2) is 14.0 Å². The van der Waals surface area contributed by atoms with Crippen LogP contribution in [0.4, 0.5) is 10.1 Å². The Labute approximate surface area is 227 Å². The van der Waals surface area contributed by atoms with Gasteiger partial charge in [-0.2, -0.15) is 0 Å². The molecule has 11 heteroatoms. The van der Waals surface area contributed by atoms with Crippen LogP contribution in [0.25, 0.3) is 5.57 Å². The average Bonchev–Trinajstić information content (AvgIpc) is 3.33. The number of esters is 2. The maximum Gasteiger partial charge on any atom is 0.346 e. The van der Waals surface area contributed by atoms with Crippen LogP contribution in [0.1, 0.15) is 29.8 Å². The van der Waals surface area contributed by atoms with Crippen molar-refractivity contribution in [1.82, 2.24) is 0 Å². The minimum absolute atomic E-state index is 0.0994. The number of carbonyl (C=O) groups is 3. The van der Waals surface area contributed by atoms with E-state index >= 15 is 0 Å². The second-order valence-electron chi connectivity index (χ2n) is 8.43. The third kappa shape index (κ3) is 4.67. The summed E-state index contributed by atoms with van der Waals surface area (Å²) in [4.78, 5) is 40.9. The minimum Gasteiger partial charge on any atom is -0.497 e. The second-order valence-corrected chi connectivity index (χ2v) is 11.1. The summed E-state index contributed by atoms with van der Waals surface area (Å²) in [6.45, 7) is 3.61. The molecule has 2 aromatic rings. The maximum absolute atomic E-state index is 13.8. The van der Waals surface area contributed by atoms with Gasteiger partial charge in [0, 0.05) is 22.8 Å². The number of thiocarbonyl (C=S) groups is 1. The molecule has 0 unspecified atom stereocenters. The van der Waals surface area contributed by atoms with Gasteiger partial charge < -0.3 is 14.2 Å². The molecule has 1 amide bonds. The van der Waals surface area contributed by atoms with Crippen LogP contribution in [0.3, 0.4) is 0 Å². The third-order valence-corrected chi connectivity index (χ3v) is 9.15. The van der Waals surface area contributed by atoms with Gasteiger partial charge in [0.2, 0.25) is 0 Å². The van der Waals surface area contributed by atoms with Crippen LogP contribution in [0.2, 0.25) is 0 Å². The predicted molar refractivity (Wildman–Crippen MR) is 146 cm³/mol. The molecule has 0 saturated heterocycles. The Hall–Kier alpha value is -3.15. The Morgan fingerprint density at radius 1 is 0.919 bits per heavy atom. The summed E-state index contributed by atoms with van der Waals surface area (Å²) in [6, 6.07) is 10.5. The monoisotopic (exact) mass is 559 g/mol. The Morgan fingerprint density at radius 3 is 2.00 bits per heavy atom. The molecule has 192 valence electrons. The van der Waals surface area contributed by atoms with Crippen molar-refractivity contribution >= 4 is 69.7 Å². The van der Waals surface area contributed by atoms with E-state index in [-0.39, 0.29) is 21.3 Å². The van der Waals surface area contributed by atoms with E-state index < -0.39 is 23.3 Å². The van der Waals surface area contributed by atoms with Crippen LogP contribution in [0.15, 0.2) is 56.5 Å². The van der Waals surface area contributed by atoms with Crippen molar-refractivity contribution in [3.05, 3.63) is 73.5 Å². The Kier molecular flexibility index (Phi) is 7.50. The van der Waals surface area contributed by atoms with Crippen molar-refractivity contribution in [2.45, 2.75) is 19.4 Å². The van der Waals surface area contributed by atoms with Crippen LogP contribution in [-0.2, 0) is 19.1 Å². The number of carbonyl (C=O) groups excluding carboxylic acids is 3. The minimum atomic E-state index is -1.02. The molecular weight excluding hydrogens is 537 g/mol. The average molecular weight is 560 g/mol. The smallest absolute Gasteiger partial charge is 0.346 e. The molecule has 2 aliphatic heterocycles. The number of methoxy groups -OCH3 is 3. The number of anilines is 1. The molecule has 0 spiro atoms. The van der Waals surface area contributed by atoms with Gasteiger partial charge in [-0.15, -0.1) is 0 Å². The molecule has 0 fully saturated rings. The molecule has 2 heterocycles. The van der Waals surface area contributed by atoms with Gasteiger partial charge >= 0.3 is 11.9 Å². The standard InChI is InChI=1S/C26H22FNO6S3/c1-26(2)21(35)18(25-36-19(23(30)33-4)20(37-25)24(31)34-5)16-11-10-15(32-3)12-17(16)28(26)22(29)13-6-8-14(27)9-7-13/h6-12H,1-5H3. The molecule has 2 aliphatic rings. The summed E-state index contributed by atoms with van der Waals surface area (Å²) in [5.74, 6) is -1.65. The normalized spacial score (nSPS) is 16.5. The van der Waals surface area contributed by atoms with Gasteiger partial charge in [-0.3, -0.25) is 9.69 Å². The summed E-state index contributed by atoms with van der Waals surface area (Å²) in [5.41, 5.74) is 1.00. The molecule has 0 aliphatic carbocycles. The number of nitrogens with zero attached hydrogens (tertiary/aromatic N) is 1. The first kappa shape index (κ1) is 26.9. The Bertz CT molecular complexity index is 1370. The fourth-order valence-electron chi connectivity index (χ4n) is 4.01. The van der Waals surface area contributed by atoms with Crippen LogP contribution >= 0.6 is 35.7 Å². The summed E-state index contributed by atoms with van der Waals surface area (Å²) in [5, 5.41) is 0. The summed E-state index contributed by atoms with van der Waals surface area (Å²) < 4.78 is 29.3. The first-order valence-corrected chi connectivity index (χ1v) is 12.9. The zero-order valence-corrected chi connectivity index (χ0v) is 23.0. The van der Waals surface area contributed by atoms with Crippen molar-refractivity contribution in [3.8, 4) is 5.75 Å². The lowest BCUT2D eigenvalue weighted by Crippen LogP contribution is -2.56. The van der Waals surface area contributed by atoms with E-state index in [0.717, 1.165) is 23.5 Å². The zero-order chi connectivity index (χ0) is 27.1. The highest BCUT2D eigenvalue weighted by Crippen LogP contribution is 2.56. The van der Waals surface area contributed by atoms with Gasteiger partial charge in [0.25, 0.3) is 5.91 Å². The Morgan fingerprint density at radius 2 is 1.49 bits per heavy atom. The van der Waals surface area contributed by atoms with Gasteiger partial charge in [-0.05, 0) is 50.2 Å². The number of amides is 1. The lowest BCUT2D eigenvalue weighted by Gasteiger charge is -2.45. The maximum atomic E-state index is 13.8. The van der Waals surface area contributed by atoms with Crippen molar-refractivity contribution in [2.75, 3.05) is 26.2 Å². The number of rotatable bonds is 4. The molecule has 0 saturated carbocycles. The molecule has 0 bridgehead atoms. The second kappa shape index (κ2) is 10.3. The molecule has 0 radical (unpaired) electrons. The van der Waals surface area contributed by atoms with E-state index in [2.05, 4.69) is 0 Å². The highest BCUT2D eigenvalue weighted by molar-refractivity contribution is 8.29. The Balaban J connectivity index is 1.93. The number of ether oxygens (including phenoxy) is 3. The number of hydrogen-bond donors (Lipinski definition) is 0. The zero-order valence-electron chi connectivity index (χ0n) is 20.5. The molecule has 4 rings (SSSR count). The van der Waals surface area contributed by atoms with Crippen molar-refractivity contribution < 1.29 is 33.0 Å². The SMILES string of the molecule is COC(=O)C1=C(C(=O)OC)SC(=C2C(=S)C(C)(C)N(C(=O)c3ccc(F)cc3)c3cc(OC)ccc32)S1. The molecule has 0 N–H and O–H groups in total. The van der Waals surface area contributed by atoms with Crippen LogP contribution < -0.4 is 9.64 Å². The number of fused-ring (bicyclic) bond motifs is 1. The first-order valence-electron chi connectivity index (χ1n) is 10.9. The van der Waals surface area contributed by atoms with E-state index in [9.17, 15) is 18.8 Å². The number of benzene rings is 2. The van der Waals surface area contributed by atoms with Crippen molar-refractivity contribution in [1.29, 1.82) is 0 Å². The molecular formula is C26H22FNO6S3. The van der Waals surface area contributed by atoms with Gasteiger partial charge in [0.15, 0.2) is 0 Å². The summed E-state index contributed by atoms with van der Waals surface area (Å²) in [6.07, 6.45) is 0. The number of thioether (sulfide) groups is 2. The van der Waals surface area contributed by atoms with Crippen LogP contribution in [-0.4, -0.2) is 49.6 Å². The van der Waals surface area contributed by atoms with Gasteiger partial charge in [-0.1, -0.05) is 35.7 Å². The van der Waals surface area contributed by atoms with E-state index in [0.29, 0.717) is 31.7 Å². The molecule has 37 heavy (non-hydrogen) atoms. The number of hydrogen-bond acceptors (Lipinski definition) is 9. The fourth-order valence-corrected chi connectivity index (χ4v) is 7.04. The summed E-state index contributed by atoms with van der Waals surface area (Å²) >= 11 is 8.09. The van der Waals surface area contributed by atoms with Crippen LogP contribution in [0, 0.1) is 5.82 Å². The highest BCUT2D eigenvalue weighted by Gasteiger charge is 2.46. The quantitative estimate of drug-likeness (QED) is 0.280. The molecule has 0 aromatic heterocycles. The van der Waals surface area contributed by atoms with Crippen LogP contribution in [0.5, 0.6) is 5.75 Å². The van der Waals surface area contributed by atoms with E-state index in [1.165, 1.54) is 45.6 Å². The lowest BCUT2D eigenvalue weighted by atomic mass is 9.82. The topological polar surface area (TPSA) is 82.1 Å². The van der Waals surface area contributed by atoms with E-state index in [1.807, 2.05) is 0 Å². The van der Waals surface area contributed by atoms with Gasteiger partial charge in [0.05, 0.1) is 41.7 Å². The molecule has 0 atom stereocenters. The predicted octanol–water partition coefficient (Wildman–Crippen LogP) is 5.35. The molecule has 2 aromatic carbocycles.